The molecule has 0 rings (SSSR count). The third-order valence-electron chi connectivity index (χ3n) is 2.25. The van der Waals surface area contributed by atoms with Crippen LogP contribution in [0.5, 0.6) is 0 Å². The zero-order chi connectivity index (χ0) is 9.94. The molecule has 0 atom stereocenters. The summed E-state index contributed by atoms with van der Waals surface area (Å²) in [6.07, 6.45) is 14.6. The van der Waals surface area contributed by atoms with E-state index in [4.69, 9.17) is 0 Å². The fourth-order valence-corrected chi connectivity index (χ4v) is 1.26. The molecule has 0 bridgehead atoms. The molecule has 0 aliphatic carbocycles. The Hall–Kier alpha value is -0.520. The van der Waals surface area contributed by atoms with E-state index in [1.54, 1.807) is 0 Å². The van der Waals surface area contributed by atoms with Crippen LogP contribution >= 0.6 is 0 Å². The topological polar surface area (TPSA) is 0 Å². The highest BCUT2D eigenvalue weighted by Gasteiger charge is 1.89. The summed E-state index contributed by atoms with van der Waals surface area (Å²) in [6.45, 7) is 6.62. The van der Waals surface area contributed by atoms with Crippen LogP contribution in [0.15, 0.2) is 23.8 Å². The molecule has 0 saturated carbocycles. The second-order valence-electron chi connectivity index (χ2n) is 3.51. The molecule has 0 aliphatic rings. The van der Waals surface area contributed by atoms with Crippen LogP contribution in [0.1, 0.15) is 59.3 Å². The van der Waals surface area contributed by atoms with Gasteiger partial charge >= 0.3 is 0 Å². The highest BCUT2D eigenvalue weighted by atomic mass is 14.0. The second-order valence-corrected chi connectivity index (χ2v) is 3.51. The molecule has 0 aliphatic heterocycles. The molecular weight excluding hydrogens is 156 g/mol. The summed E-state index contributed by atoms with van der Waals surface area (Å²) < 4.78 is 0. The summed E-state index contributed by atoms with van der Waals surface area (Å²) in [6, 6.07) is 0. The van der Waals surface area contributed by atoms with Gasteiger partial charge in [0.1, 0.15) is 0 Å². The largest absolute Gasteiger partial charge is 0.0845 e. The van der Waals surface area contributed by atoms with Crippen LogP contribution in [0.2, 0.25) is 0 Å². The van der Waals surface area contributed by atoms with E-state index < -0.39 is 0 Å². The first kappa shape index (κ1) is 12.5. The van der Waals surface area contributed by atoms with Crippen molar-refractivity contribution < 1.29 is 0 Å². The summed E-state index contributed by atoms with van der Waals surface area (Å²) in [5, 5.41) is 0. The SMILES string of the molecule is CC=C(C=CCCCC)CCCC. The van der Waals surface area contributed by atoms with E-state index in [0.29, 0.717) is 0 Å². The Balaban J connectivity index is 3.64. The fraction of sp³-hybridized carbons (Fsp3) is 0.692. The van der Waals surface area contributed by atoms with Crippen molar-refractivity contribution in [2.75, 3.05) is 0 Å². The van der Waals surface area contributed by atoms with Gasteiger partial charge in [0.15, 0.2) is 0 Å². The first-order valence-corrected chi connectivity index (χ1v) is 5.66. The van der Waals surface area contributed by atoms with Crippen molar-refractivity contribution in [2.24, 2.45) is 0 Å². The number of hydrogen-bond acceptors (Lipinski definition) is 0. The molecule has 0 unspecified atom stereocenters. The van der Waals surface area contributed by atoms with E-state index in [0.717, 1.165) is 0 Å². The van der Waals surface area contributed by atoms with Crippen molar-refractivity contribution in [2.45, 2.75) is 59.3 Å². The van der Waals surface area contributed by atoms with Crippen molar-refractivity contribution in [3.63, 3.8) is 0 Å². The van der Waals surface area contributed by atoms with Crippen molar-refractivity contribution >= 4 is 0 Å². The molecule has 0 spiro atoms. The Kier molecular flexibility index (Phi) is 9.18. The average Bonchev–Trinajstić information content (AvgIpc) is 2.17. The number of unbranched alkanes of at least 4 members (excludes halogenated alkanes) is 3. The molecule has 0 amide bonds. The normalized spacial score (nSPS) is 12.7. The molecule has 0 nitrogen and oxygen atoms in total. The molecule has 0 saturated heterocycles. The van der Waals surface area contributed by atoms with Crippen LogP contribution in [0.3, 0.4) is 0 Å². The van der Waals surface area contributed by atoms with E-state index in [9.17, 15) is 0 Å². The van der Waals surface area contributed by atoms with Crippen molar-refractivity contribution in [3.05, 3.63) is 23.8 Å². The van der Waals surface area contributed by atoms with Crippen LogP contribution in [0.25, 0.3) is 0 Å². The first-order chi connectivity index (χ1) is 6.35. The van der Waals surface area contributed by atoms with E-state index in [1.807, 2.05) is 0 Å². The van der Waals surface area contributed by atoms with Crippen LogP contribution in [-0.2, 0) is 0 Å². The summed E-state index contributed by atoms with van der Waals surface area (Å²) in [5.41, 5.74) is 1.50. The molecule has 0 N–H and O–H groups in total. The minimum Gasteiger partial charge on any atom is -0.0845 e. The van der Waals surface area contributed by atoms with Gasteiger partial charge in [0.2, 0.25) is 0 Å². The van der Waals surface area contributed by atoms with Gasteiger partial charge in [-0.1, -0.05) is 56.9 Å². The Morgan fingerprint density at radius 1 is 1.08 bits per heavy atom. The Morgan fingerprint density at radius 2 is 1.77 bits per heavy atom. The predicted octanol–water partition coefficient (Wildman–Crippen LogP) is 4.87. The van der Waals surface area contributed by atoms with Gasteiger partial charge in [-0.25, -0.2) is 0 Å². The third kappa shape index (κ3) is 7.83. The van der Waals surface area contributed by atoms with Gasteiger partial charge in [-0.05, 0) is 26.2 Å². The van der Waals surface area contributed by atoms with Crippen LogP contribution in [0, 0.1) is 0 Å². The van der Waals surface area contributed by atoms with E-state index in [-0.39, 0.29) is 0 Å². The Morgan fingerprint density at radius 3 is 2.31 bits per heavy atom. The number of allylic oxidation sites excluding steroid dienone is 4. The Bertz CT molecular complexity index is 151. The summed E-state index contributed by atoms with van der Waals surface area (Å²) in [5.74, 6) is 0. The lowest BCUT2D eigenvalue weighted by Gasteiger charge is -1.98. The average molecular weight is 180 g/mol. The molecule has 0 aromatic heterocycles. The lowest BCUT2D eigenvalue weighted by molar-refractivity contribution is 0.792. The molecule has 0 fully saturated rings. The third-order valence-corrected chi connectivity index (χ3v) is 2.25. The van der Waals surface area contributed by atoms with Gasteiger partial charge in [0, 0.05) is 0 Å². The summed E-state index contributed by atoms with van der Waals surface area (Å²) in [7, 11) is 0. The van der Waals surface area contributed by atoms with E-state index in [1.165, 1.54) is 44.1 Å². The van der Waals surface area contributed by atoms with Gasteiger partial charge < -0.3 is 0 Å². The molecule has 0 aromatic carbocycles. The monoisotopic (exact) mass is 180 g/mol. The number of hydrogen-bond donors (Lipinski definition) is 0. The maximum Gasteiger partial charge on any atom is -0.0282 e. The predicted molar refractivity (Wildman–Crippen MR) is 61.9 cm³/mol. The van der Waals surface area contributed by atoms with Crippen LogP contribution < -0.4 is 0 Å². The minimum absolute atomic E-state index is 1.24. The lowest BCUT2D eigenvalue weighted by atomic mass is 10.1. The molecule has 0 radical (unpaired) electrons. The lowest BCUT2D eigenvalue weighted by Crippen LogP contribution is -1.78. The molecule has 13 heavy (non-hydrogen) atoms. The summed E-state index contributed by atoms with van der Waals surface area (Å²) >= 11 is 0. The van der Waals surface area contributed by atoms with Crippen LogP contribution in [-0.4, -0.2) is 0 Å². The first-order valence-electron chi connectivity index (χ1n) is 5.66. The van der Waals surface area contributed by atoms with E-state index in [2.05, 4.69) is 39.0 Å². The molecule has 0 aromatic rings. The highest BCUT2D eigenvalue weighted by Crippen LogP contribution is 2.09. The van der Waals surface area contributed by atoms with Gasteiger partial charge in [-0.3, -0.25) is 0 Å². The molecule has 76 valence electrons. The standard InChI is InChI=1S/C13H24/c1-4-7-9-10-12-13(6-3)11-8-5-2/h6,10,12H,4-5,7-9,11H2,1-3H3. The summed E-state index contributed by atoms with van der Waals surface area (Å²) in [4.78, 5) is 0. The molecular formula is C13H24. The minimum atomic E-state index is 1.24. The van der Waals surface area contributed by atoms with Crippen molar-refractivity contribution in [1.29, 1.82) is 0 Å². The maximum absolute atomic E-state index is 2.31. The van der Waals surface area contributed by atoms with Crippen molar-refractivity contribution in [3.8, 4) is 0 Å². The fourth-order valence-electron chi connectivity index (χ4n) is 1.26. The molecule has 0 heterocycles. The van der Waals surface area contributed by atoms with Gasteiger partial charge in [-0.15, -0.1) is 0 Å². The van der Waals surface area contributed by atoms with Crippen LogP contribution in [0.4, 0.5) is 0 Å². The zero-order valence-corrected chi connectivity index (χ0v) is 9.47. The van der Waals surface area contributed by atoms with Gasteiger partial charge in [-0.2, -0.15) is 0 Å². The highest BCUT2D eigenvalue weighted by molar-refractivity contribution is 5.17. The molecule has 0 heteroatoms. The zero-order valence-electron chi connectivity index (χ0n) is 9.47. The smallest absolute Gasteiger partial charge is 0.0282 e. The maximum atomic E-state index is 2.31. The van der Waals surface area contributed by atoms with Crippen molar-refractivity contribution in [1.82, 2.24) is 0 Å². The van der Waals surface area contributed by atoms with Gasteiger partial charge in [0.05, 0.1) is 0 Å². The second kappa shape index (κ2) is 9.57. The van der Waals surface area contributed by atoms with Gasteiger partial charge in [0.25, 0.3) is 0 Å². The van der Waals surface area contributed by atoms with E-state index >= 15 is 0 Å². The quantitative estimate of drug-likeness (QED) is 0.387. The number of rotatable bonds is 7. The Labute approximate surface area is 83.7 Å².